The van der Waals surface area contributed by atoms with Crippen LogP contribution in [0.4, 0.5) is 39.4 Å². The van der Waals surface area contributed by atoms with Crippen molar-refractivity contribution in [1.29, 1.82) is 0 Å². The Hall–Kier alpha value is -2.16. The molecular weight excluding hydrogens is 307 g/mol. The van der Waals surface area contributed by atoms with Gasteiger partial charge in [0.15, 0.2) is 23.3 Å². The summed E-state index contributed by atoms with van der Waals surface area (Å²) in [4.78, 5) is 6.96. The Labute approximate surface area is 113 Å². The van der Waals surface area contributed by atoms with Crippen molar-refractivity contribution in [1.82, 2.24) is 9.97 Å². The Morgan fingerprint density at radius 3 is 1.90 bits per heavy atom. The summed E-state index contributed by atoms with van der Waals surface area (Å²) in [5.74, 6) is -11.2. The van der Waals surface area contributed by atoms with Gasteiger partial charge in [0.2, 0.25) is 11.8 Å². The maximum atomic E-state index is 13.4. The molecule has 0 aliphatic carbocycles. The van der Waals surface area contributed by atoms with E-state index in [1.54, 1.807) is 0 Å². The number of hydrogen-bond donors (Lipinski definition) is 2. The van der Waals surface area contributed by atoms with E-state index in [2.05, 4.69) is 9.97 Å². The van der Waals surface area contributed by atoms with Crippen LogP contribution in [0.1, 0.15) is 0 Å². The molecule has 0 bridgehead atoms. The number of hydrogen-bond acceptors (Lipinski definition) is 4. The Morgan fingerprint density at radius 2 is 1.40 bits per heavy atom. The normalized spacial score (nSPS) is 10.7. The van der Waals surface area contributed by atoms with Gasteiger partial charge < -0.3 is 11.1 Å². The van der Waals surface area contributed by atoms with E-state index in [0.29, 0.717) is 0 Å². The highest BCUT2D eigenvalue weighted by atomic mass is 35.5. The van der Waals surface area contributed by atoms with Gasteiger partial charge in [0.05, 0.1) is 0 Å². The second-order valence-corrected chi connectivity index (χ2v) is 3.89. The number of nitrogens with one attached hydrogen (secondary N) is 1. The van der Waals surface area contributed by atoms with Gasteiger partial charge in [-0.25, -0.2) is 26.9 Å². The number of benzene rings is 1. The van der Waals surface area contributed by atoms with Gasteiger partial charge in [0, 0.05) is 6.07 Å². The SMILES string of the molecule is Nc1nc(Cl)cc(Nc2c(F)c(F)c(F)c(F)c2F)n1. The average Bonchev–Trinajstić information content (AvgIpc) is 2.38. The standard InChI is InChI=1S/C10H4ClF5N4/c11-2-1-3(20-10(17)18-2)19-9-7(15)5(13)4(12)6(14)8(9)16/h1H,(H3,17,18,19,20). The van der Waals surface area contributed by atoms with Crippen molar-refractivity contribution in [3.8, 4) is 0 Å². The molecule has 10 heteroatoms. The summed E-state index contributed by atoms with van der Waals surface area (Å²) in [6.07, 6.45) is 0. The quantitative estimate of drug-likeness (QED) is 0.387. The molecule has 1 aromatic heterocycles. The summed E-state index contributed by atoms with van der Waals surface area (Å²) in [5, 5.41) is 1.74. The lowest BCUT2D eigenvalue weighted by molar-refractivity contribution is 0.382. The van der Waals surface area contributed by atoms with Crippen LogP contribution in [0.2, 0.25) is 5.15 Å². The third kappa shape index (κ3) is 2.44. The first-order valence-electron chi connectivity index (χ1n) is 4.89. The van der Waals surface area contributed by atoms with Crippen LogP contribution in [0.25, 0.3) is 0 Å². The summed E-state index contributed by atoms with van der Waals surface area (Å²) in [6.45, 7) is 0. The third-order valence-corrected chi connectivity index (χ3v) is 2.37. The monoisotopic (exact) mass is 310 g/mol. The van der Waals surface area contributed by atoms with Gasteiger partial charge in [-0.15, -0.1) is 0 Å². The van der Waals surface area contributed by atoms with E-state index < -0.39 is 34.8 Å². The molecule has 20 heavy (non-hydrogen) atoms. The lowest BCUT2D eigenvalue weighted by Crippen LogP contribution is -2.08. The fourth-order valence-corrected chi connectivity index (χ4v) is 1.53. The Bertz CT molecular complexity index is 645. The number of rotatable bonds is 2. The number of halogens is 6. The molecule has 3 N–H and O–H groups in total. The van der Waals surface area contributed by atoms with Crippen LogP contribution < -0.4 is 11.1 Å². The zero-order chi connectivity index (χ0) is 15.0. The Kier molecular flexibility index (Phi) is 3.62. The fourth-order valence-electron chi connectivity index (χ4n) is 1.34. The molecule has 0 aliphatic heterocycles. The summed E-state index contributed by atoms with van der Waals surface area (Å²) in [7, 11) is 0. The molecule has 1 aromatic carbocycles. The van der Waals surface area contributed by atoms with Crippen molar-refractivity contribution in [2.24, 2.45) is 0 Å². The van der Waals surface area contributed by atoms with E-state index in [4.69, 9.17) is 17.3 Å². The van der Waals surface area contributed by atoms with Gasteiger partial charge >= 0.3 is 0 Å². The van der Waals surface area contributed by atoms with Gasteiger partial charge in [0.25, 0.3) is 0 Å². The van der Waals surface area contributed by atoms with E-state index in [1.165, 1.54) is 0 Å². The summed E-state index contributed by atoms with van der Waals surface area (Å²) in [6, 6.07) is 0.996. The molecule has 4 nitrogen and oxygen atoms in total. The van der Waals surface area contributed by atoms with Crippen LogP contribution in [-0.2, 0) is 0 Å². The molecule has 0 atom stereocenters. The van der Waals surface area contributed by atoms with Crippen LogP contribution >= 0.6 is 11.6 Å². The maximum Gasteiger partial charge on any atom is 0.223 e. The molecular formula is C10H4ClF5N4. The summed E-state index contributed by atoms with van der Waals surface area (Å²) in [5.41, 5.74) is 3.96. The molecule has 106 valence electrons. The molecule has 2 rings (SSSR count). The van der Waals surface area contributed by atoms with Crippen molar-refractivity contribution in [2.75, 3.05) is 11.1 Å². The zero-order valence-corrected chi connectivity index (χ0v) is 10.1. The number of anilines is 3. The molecule has 0 spiro atoms. The lowest BCUT2D eigenvalue weighted by Gasteiger charge is -2.10. The van der Waals surface area contributed by atoms with Crippen molar-refractivity contribution in [2.45, 2.75) is 0 Å². The molecule has 0 amide bonds. The van der Waals surface area contributed by atoms with Crippen molar-refractivity contribution in [3.05, 3.63) is 40.3 Å². The molecule has 0 unspecified atom stereocenters. The van der Waals surface area contributed by atoms with E-state index >= 15 is 0 Å². The van der Waals surface area contributed by atoms with Crippen LogP contribution in [0.15, 0.2) is 6.07 Å². The zero-order valence-electron chi connectivity index (χ0n) is 9.32. The first-order chi connectivity index (χ1) is 9.31. The lowest BCUT2D eigenvalue weighted by atomic mass is 10.2. The maximum absolute atomic E-state index is 13.4. The van der Waals surface area contributed by atoms with Crippen LogP contribution in [0.3, 0.4) is 0 Å². The van der Waals surface area contributed by atoms with Gasteiger partial charge in [-0.05, 0) is 0 Å². The number of aromatic nitrogens is 2. The van der Waals surface area contributed by atoms with Gasteiger partial charge in [-0.3, -0.25) is 0 Å². The largest absolute Gasteiger partial charge is 0.368 e. The molecule has 1 heterocycles. The molecule has 0 fully saturated rings. The van der Waals surface area contributed by atoms with Gasteiger partial charge in [-0.1, -0.05) is 11.6 Å². The summed E-state index contributed by atoms with van der Waals surface area (Å²) < 4.78 is 65.6. The minimum atomic E-state index is -2.26. The van der Waals surface area contributed by atoms with E-state index in [0.717, 1.165) is 6.07 Å². The number of nitrogens with zero attached hydrogens (tertiary/aromatic N) is 2. The smallest absolute Gasteiger partial charge is 0.223 e. The van der Waals surface area contributed by atoms with Crippen LogP contribution in [0, 0.1) is 29.1 Å². The predicted molar refractivity (Wildman–Crippen MR) is 61.0 cm³/mol. The van der Waals surface area contributed by atoms with Crippen molar-refractivity contribution in [3.63, 3.8) is 0 Å². The number of nitrogens with two attached hydrogens (primary N) is 1. The first-order valence-corrected chi connectivity index (χ1v) is 5.27. The fraction of sp³-hybridized carbons (Fsp3) is 0. The highest BCUT2D eigenvalue weighted by Crippen LogP contribution is 2.29. The highest BCUT2D eigenvalue weighted by molar-refractivity contribution is 6.29. The molecule has 0 saturated carbocycles. The van der Waals surface area contributed by atoms with Crippen molar-refractivity contribution < 1.29 is 22.0 Å². The van der Waals surface area contributed by atoms with E-state index in [-0.39, 0.29) is 16.9 Å². The van der Waals surface area contributed by atoms with E-state index in [1.807, 2.05) is 5.32 Å². The third-order valence-electron chi connectivity index (χ3n) is 2.18. The van der Waals surface area contributed by atoms with Crippen LogP contribution in [-0.4, -0.2) is 9.97 Å². The predicted octanol–water partition coefficient (Wildman–Crippen LogP) is 3.15. The van der Waals surface area contributed by atoms with Crippen molar-refractivity contribution >= 4 is 29.1 Å². The molecule has 0 aliphatic rings. The van der Waals surface area contributed by atoms with Crippen LogP contribution in [0.5, 0.6) is 0 Å². The highest BCUT2D eigenvalue weighted by Gasteiger charge is 2.26. The first kappa shape index (κ1) is 14.3. The van der Waals surface area contributed by atoms with E-state index in [9.17, 15) is 22.0 Å². The Morgan fingerprint density at radius 1 is 0.900 bits per heavy atom. The topological polar surface area (TPSA) is 63.8 Å². The molecule has 0 radical (unpaired) electrons. The second kappa shape index (κ2) is 5.08. The van der Waals surface area contributed by atoms with Gasteiger partial charge in [-0.2, -0.15) is 4.98 Å². The number of nitrogen functional groups attached to an aromatic ring is 1. The average molecular weight is 311 g/mol. The molecule has 0 saturated heterocycles. The Balaban J connectivity index is 2.54. The minimum Gasteiger partial charge on any atom is -0.368 e. The minimum absolute atomic E-state index is 0.177. The second-order valence-electron chi connectivity index (χ2n) is 3.50. The van der Waals surface area contributed by atoms with Gasteiger partial charge in [0.1, 0.15) is 16.7 Å². The summed E-state index contributed by atoms with van der Waals surface area (Å²) >= 11 is 5.52. The molecule has 2 aromatic rings.